The number of hydrogen-bond donors (Lipinski definition) is 2. The Morgan fingerprint density at radius 3 is 2.50 bits per heavy atom. The smallest absolute Gasteiger partial charge is 0.281 e. The Balaban J connectivity index is 1.47. The minimum Gasteiger partial charge on any atom is -0.481 e. The quantitative estimate of drug-likeness (QED) is 0.484. The number of carbonyl (C=O) groups is 1. The van der Waals surface area contributed by atoms with Crippen molar-refractivity contribution < 1.29 is 18.3 Å². The van der Waals surface area contributed by atoms with Crippen LogP contribution in [0, 0.1) is 0 Å². The number of carbonyl (C=O) groups excluding carboxylic acids is 1. The van der Waals surface area contributed by atoms with Crippen LogP contribution in [-0.4, -0.2) is 27.4 Å². The van der Waals surface area contributed by atoms with E-state index >= 15 is 0 Å². The van der Waals surface area contributed by atoms with E-state index in [1.165, 1.54) is 19.5 Å². The number of rotatable bonds is 6. The third-order valence-electron chi connectivity index (χ3n) is 4.36. The van der Waals surface area contributed by atoms with E-state index in [0.29, 0.717) is 28.6 Å². The van der Waals surface area contributed by atoms with Gasteiger partial charge in [0.1, 0.15) is 17.2 Å². The van der Waals surface area contributed by atoms with Crippen LogP contribution in [0.4, 0.5) is 26.0 Å². The number of nitrogens with one attached hydrogen (secondary N) is 2. The number of benzene rings is 1. The molecule has 0 fully saturated rings. The van der Waals surface area contributed by atoms with Crippen molar-refractivity contribution in [2.75, 3.05) is 17.7 Å². The Labute approximate surface area is 170 Å². The van der Waals surface area contributed by atoms with Crippen LogP contribution in [0.3, 0.4) is 0 Å². The molecule has 4 rings (SSSR count). The second-order valence-electron chi connectivity index (χ2n) is 6.35. The summed E-state index contributed by atoms with van der Waals surface area (Å²) in [5.41, 5.74) is 1.86. The number of halogens is 2. The lowest BCUT2D eigenvalue weighted by atomic mass is 10.2. The van der Waals surface area contributed by atoms with Crippen molar-refractivity contribution in [2.45, 2.75) is 6.43 Å². The molecule has 0 aliphatic heterocycles. The normalized spacial score (nSPS) is 10.9. The Bertz CT molecular complexity index is 1170. The summed E-state index contributed by atoms with van der Waals surface area (Å²) in [6, 6.07) is 15.4. The van der Waals surface area contributed by atoms with Crippen LogP contribution in [0.15, 0.2) is 67.0 Å². The number of ether oxygens (including phenoxy) is 1. The van der Waals surface area contributed by atoms with Gasteiger partial charge in [-0.2, -0.15) is 0 Å². The SMILES string of the molecule is COc1ccc(C(=O)Nc2ccc(Nc3cccc4nc(C(F)F)cn34)cc2)cn1. The Morgan fingerprint density at radius 2 is 1.83 bits per heavy atom. The molecular formula is C21H17F2N5O2. The third kappa shape index (κ3) is 4.04. The van der Waals surface area contributed by atoms with E-state index in [2.05, 4.69) is 20.6 Å². The Kier molecular flexibility index (Phi) is 5.25. The number of anilines is 3. The molecule has 1 aromatic carbocycles. The van der Waals surface area contributed by atoms with Gasteiger partial charge in [-0.05, 0) is 42.5 Å². The van der Waals surface area contributed by atoms with E-state index in [-0.39, 0.29) is 11.6 Å². The predicted molar refractivity (Wildman–Crippen MR) is 109 cm³/mol. The zero-order valence-electron chi connectivity index (χ0n) is 15.8. The summed E-state index contributed by atoms with van der Waals surface area (Å²) in [5, 5.41) is 5.95. The molecule has 0 atom stereocenters. The maximum absolute atomic E-state index is 12.9. The van der Waals surface area contributed by atoms with Crippen molar-refractivity contribution in [2.24, 2.45) is 0 Å². The average Bonchev–Trinajstić information content (AvgIpc) is 3.21. The highest BCUT2D eigenvalue weighted by molar-refractivity contribution is 6.04. The van der Waals surface area contributed by atoms with Gasteiger partial charge in [-0.1, -0.05) is 6.07 Å². The lowest BCUT2D eigenvalue weighted by Gasteiger charge is -2.10. The third-order valence-corrected chi connectivity index (χ3v) is 4.36. The summed E-state index contributed by atoms with van der Waals surface area (Å²) in [7, 11) is 1.50. The van der Waals surface area contributed by atoms with Gasteiger partial charge in [-0.15, -0.1) is 0 Å². The van der Waals surface area contributed by atoms with E-state index in [1.807, 2.05) is 0 Å². The molecule has 0 spiro atoms. The Hall–Kier alpha value is -4.01. The van der Waals surface area contributed by atoms with Crippen LogP contribution >= 0.6 is 0 Å². The molecule has 0 unspecified atom stereocenters. The summed E-state index contributed by atoms with van der Waals surface area (Å²) in [5.74, 6) is 0.720. The molecule has 7 nitrogen and oxygen atoms in total. The topological polar surface area (TPSA) is 80.5 Å². The van der Waals surface area contributed by atoms with Gasteiger partial charge < -0.3 is 15.4 Å². The number of alkyl halides is 2. The minimum absolute atomic E-state index is 0.282. The van der Waals surface area contributed by atoms with Crippen molar-refractivity contribution in [3.63, 3.8) is 0 Å². The second-order valence-corrected chi connectivity index (χ2v) is 6.35. The number of aromatic nitrogens is 3. The predicted octanol–water partition coefficient (Wildman–Crippen LogP) is 4.67. The van der Waals surface area contributed by atoms with Crippen LogP contribution in [0.25, 0.3) is 5.65 Å². The van der Waals surface area contributed by atoms with Crippen molar-refractivity contribution in [1.29, 1.82) is 0 Å². The van der Waals surface area contributed by atoms with Gasteiger partial charge in [0.15, 0.2) is 0 Å². The second kappa shape index (κ2) is 8.16. The van der Waals surface area contributed by atoms with Crippen molar-refractivity contribution in [1.82, 2.24) is 14.4 Å². The highest BCUT2D eigenvalue weighted by Crippen LogP contribution is 2.24. The number of pyridine rings is 2. The monoisotopic (exact) mass is 409 g/mol. The lowest BCUT2D eigenvalue weighted by molar-refractivity contribution is 0.102. The zero-order chi connectivity index (χ0) is 21.1. The van der Waals surface area contributed by atoms with E-state index in [9.17, 15) is 13.6 Å². The van der Waals surface area contributed by atoms with Crippen LogP contribution in [0.2, 0.25) is 0 Å². The number of methoxy groups -OCH3 is 1. The fourth-order valence-corrected chi connectivity index (χ4v) is 2.86. The van der Waals surface area contributed by atoms with Crippen molar-refractivity contribution >= 4 is 28.7 Å². The number of nitrogens with zero attached hydrogens (tertiary/aromatic N) is 3. The maximum atomic E-state index is 12.9. The summed E-state index contributed by atoms with van der Waals surface area (Å²) in [6.07, 6.45) is 0.102. The molecule has 0 aliphatic carbocycles. The fraction of sp³-hybridized carbons (Fsp3) is 0.0952. The van der Waals surface area contributed by atoms with Crippen molar-refractivity contribution in [3.8, 4) is 5.88 Å². The number of fused-ring (bicyclic) bond motifs is 1. The molecule has 0 saturated heterocycles. The maximum Gasteiger partial charge on any atom is 0.281 e. The van der Waals surface area contributed by atoms with E-state index < -0.39 is 6.43 Å². The van der Waals surface area contributed by atoms with Gasteiger partial charge in [0.05, 0.1) is 12.7 Å². The van der Waals surface area contributed by atoms with Gasteiger partial charge in [0.2, 0.25) is 5.88 Å². The molecule has 30 heavy (non-hydrogen) atoms. The molecule has 3 aromatic heterocycles. The largest absolute Gasteiger partial charge is 0.481 e. The average molecular weight is 409 g/mol. The standard InChI is InChI=1S/C21H17F2N5O2/c1-30-19-10-5-13(11-24-19)21(29)26-15-8-6-14(7-9-15)25-17-3-2-4-18-27-16(20(22)23)12-28(17)18/h2-12,20,25H,1H3,(H,26,29). The number of hydrogen-bond acceptors (Lipinski definition) is 5. The molecule has 152 valence electrons. The van der Waals surface area contributed by atoms with Gasteiger partial charge in [-0.3, -0.25) is 9.20 Å². The molecule has 2 N–H and O–H groups in total. The van der Waals surface area contributed by atoms with Gasteiger partial charge in [-0.25, -0.2) is 18.7 Å². The lowest BCUT2D eigenvalue weighted by Crippen LogP contribution is -2.12. The van der Waals surface area contributed by atoms with Crippen LogP contribution in [0.5, 0.6) is 5.88 Å². The zero-order valence-corrected chi connectivity index (χ0v) is 15.8. The van der Waals surface area contributed by atoms with Gasteiger partial charge in [0, 0.05) is 29.8 Å². The first-order valence-electron chi connectivity index (χ1n) is 8.98. The molecule has 0 radical (unpaired) electrons. The molecule has 4 aromatic rings. The summed E-state index contributed by atoms with van der Waals surface area (Å²) < 4.78 is 32.4. The highest BCUT2D eigenvalue weighted by Gasteiger charge is 2.13. The molecule has 0 bridgehead atoms. The Morgan fingerprint density at radius 1 is 1.07 bits per heavy atom. The molecule has 3 heterocycles. The van der Waals surface area contributed by atoms with Gasteiger partial charge >= 0.3 is 0 Å². The first-order chi connectivity index (χ1) is 14.5. The van der Waals surface area contributed by atoms with Crippen LogP contribution < -0.4 is 15.4 Å². The number of imidazole rings is 1. The summed E-state index contributed by atoms with van der Waals surface area (Å²) in [6.45, 7) is 0. The van der Waals surface area contributed by atoms with Crippen LogP contribution in [0.1, 0.15) is 22.5 Å². The summed E-state index contributed by atoms with van der Waals surface area (Å²) in [4.78, 5) is 20.2. The van der Waals surface area contributed by atoms with E-state index in [4.69, 9.17) is 4.74 Å². The fourth-order valence-electron chi connectivity index (χ4n) is 2.86. The molecule has 0 saturated carbocycles. The minimum atomic E-state index is -2.64. The van der Waals surface area contributed by atoms with E-state index in [0.717, 1.165) is 5.69 Å². The molecule has 0 aliphatic rings. The molecule has 1 amide bonds. The van der Waals surface area contributed by atoms with Crippen LogP contribution in [-0.2, 0) is 0 Å². The first-order valence-corrected chi connectivity index (χ1v) is 8.98. The van der Waals surface area contributed by atoms with Gasteiger partial charge in [0.25, 0.3) is 12.3 Å². The highest BCUT2D eigenvalue weighted by atomic mass is 19.3. The first kappa shape index (κ1) is 19.3. The summed E-state index contributed by atoms with van der Waals surface area (Å²) >= 11 is 0. The molecular weight excluding hydrogens is 392 g/mol. The van der Waals surface area contributed by atoms with E-state index in [1.54, 1.807) is 59.0 Å². The van der Waals surface area contributed by atoms with Crippen molar-refractivity contribution in [3.05, 3.63) is 78.2 Å². The number of amides is 1. The molecule has 9 heteroatoms.